The van der Waals surface area contributed by atoms with Crippen molar-refractivity contribution < 1.29 is 22.7 Å². The molecule has 2 aliphatic heterocycles. The molecule has 1 amide bonds. The maximum absolute atomic E-state index is 14.3. The smallest absolute Gasteiger partial charge is 0.282 e. The van der Waals surface area contributed by atoms with Gasteiger partial charge in [0.15, 0.2) is 11.6 Å². The lowest BCUT2D eigenvalue weighted by Gasteiger charge is -2.38. The fourth-order valence-electron chi connectivity index (χ4n) is 3.61. The maximum Gasteiger partial charge on any atom is 0.282 e. The van der Waals surface area contributed by atoms with Crippen LogP contribution in [0.15, 0.2) is 37.0 Å². The van der Waals surface area contributed by atoms with Gasteiger partial charge in [-0.3, -0.25) is 4.79 Å². The van der Waals surface area contributed by atoms with Gasteiger partial charge in [-0.05, 0) is 29.8 Å². The zero-order chi connectivity index (χ0) is 22.2. The number of rotatable bonds is 6. The number of nitrogens with zero attached hydrogens (tertiary/aromatic N) is 4. The average molecular weight is 433 g/mol. The first-order valence-electron chi connectivity index (χ1n) is 9.84. The van der Waals surface area contributed by atoms with Gasteiger partial charge in [-0.2, -0.15) is 4.98 Å². The van der Waals surface area contributed by atoms with Gasteiger partial charge in [0.25, 0.3) is 5.92 Å². The summed E-state index contributed by atoms with van der Waals surface area (Å²) in [6.45, 7) is 5.23. The topological polar surface area (TPSA) is 70.6 Å². The number of alkyl halides is 2. The molecular formula is C21H22F3N5O2. The molecule has 0 bridgehead atoms. The highest BCUT2D eigenvalue weighted by atomic mass is 19.3. The summed E-state index contributed by atoms with van der Waals surface area (Å²) in [5, 5.41) is 2.63. The van der Waals surface area contributed by atoms with Crippen LogP contribution in [0.1, 0.15) is 18.9 Å². The Kier molecular flexibility index (Phi) is 5.47. The Bertz CT molecular complexity index is 991. The molecule has 0 spiro atoms. The lowest BCUT2D eigenvalue weighted by atomic mass is 10.1. The first-order valence-corrected chi connectivity index (χ1v) is 9.84. The Morgan fingerprint density at radius 3 is 2.61 bits per heavy atom. The van der Waals surface area contributed by atoms with E-state index in [9.17, 15) is 18.0 Å². The fourth-order valence-corrected chi connectivity index (χ4v) is 3.61. The van der Waals surface area contributed by atoms with Crippen molar-refractivity contribution in [3.05, 3.63) is 48.4 Å². The molecular weight excluding hydrogens is 411 g/mol. The number of carbonyl (C=O) groups excluding carboxylic acids is 1. The molecule has 2 fully saturated rings. The number of amides is 1. The van der Waals surface area contributed by atoms with Crippen LogP contribution in [0.25, 0.3) is 5.70 Å². The Morgan fingerprint density at radius 2 is 1.97 bits per heavy atom. The monoisotopic (exact) mass is 433 g/mol. The molecule has 164 valence electrons. The highest BCUT2D eigenvalue weighted by Crippen LogP contribution is 2.32. The van der Waals surface area contributed by atoms with E-state index in [1.807, 2.05) is 0 Å². The van der Waals surface area contributed by atoms with E-state index in [4.69, 9.17) is 4.74 Å². The number of halogens is 3. The number of hydrogen-bond donors (Lipinski definition) is 1. The van der Waals surface area contributed by atoms with E-state index >= 15 is 0 Å². The number of aromatic nitrogens is 2. The van der Waals surface area contributed by atoms with Gasteiger partial charge in [0.05, 0.1) is 25.8 Å². The third kappa shape index (κ3) is 4.73. The summed E-state index contributed by atoms with van der Waals surface area (Å²) in [5.41, 5.74) is 1.27. The molecule has 1 atom stereocenters. The zero-order valence-corrected chi connectivity index (χ0v) is 16.9. The van der Waals surface area contributed by atoms with Gasteiger partial charge in [0.1, 0.15) is 11.9 Å². The number of nitrogens with one attached hydrogen (secondary N) is 1. The van der Waals surface area contributed by atoms with E-state index in [1.165, 1.54) is 11.8 Å². The van der Waals surface area contributed by atoms with Crippen molar-refractivity contribution in [1.29, 1.82) is 0 Å². The molecule has 2 saturated heterocycles. The van der Waals surface area contributed by atoms with Crippen LogP contribution in [0.2, 0.25) is 0 Å². The molecule has 0 unspecified atom stereocenters. The van der Waals surface area contributed by atoms with Gasteiger partial charge >= 0.3 is 0 Å². The van der Waals surface area contributed by atoms with Crippen LogP contribution < -0.4 is 19.9 Å². The van der Waals surface area contributed by atoms with E-state index in [0.717, 1.165) is 11.8 Å². The molecule has 2 aromatic rings. The van der Waals surface area contributed by atoms with Crippen LogP contribution in [0.4, 0.5) is 24.9 Å². The molecule has 1 aromatic carbocycles. The summed E-state index contributed by atoms with van der Waals surface area (Å²) in [6, 6.07) is 7.13. The largest absolute Gasteiger partial charge is 0.489 e. The summed E-state index contributed by atoms with van der Waals surface area (Å²) >= 11 is 0. The van der Waals surface area contributed by atoms with Crippen LogP contribution in [0.5, 0.6) is 5.75 Å². The van der Waals surface area contributed by atoms with Gasteiger partial charge in [0.2, 0.25) is 11.9 Å². The van der Waals surface area contributed by atoms with Gasteiger partial charge < -0.3 is 19.9 Å². The number of anilines is 2. The quantitative estimate of drug-likeness (QED) is 0.756. The third-order valence-electron chi connectivity index (χ3n) is 5.12. The minimum atomic E-state index is -2.76. The first kappa shape index (κ1) is 21.0. The predicted octanol–water partition coefficient (Wildman–Crippen LogP) is 2.84. The second kappa shape index (κ2) is 8.09. The van der Waals surface area contributed by atoms with Crippen molar-refractivity contribution in [2.75, 3.05) is 36.0 Å². The first-order chi connectivity index (χ1) is 14.7. The van der Waals surface area contributed by atoms with Crippen molar-refractivity contribution in [1.82, 2.24) is 15.3 Å². The summed E-state index contributed by atoms with van der Waals surface area (Å²) in [5.74, 6) is -2.72. The summed E-state index contributed by atoms with van der Waals surface area (Å²) in [7, 11) is 0. The van der Waals surface area contributed by atoms with Crippen LogP contribution >= 0.6 is 0 Å². The van der Waals surface area contributed by atoms with Gasteiger partial charge in [0, 0.05) is 25.6 Å². The van der Waals surface area contributed by atoms with Crippen molar-refractivity contribution >= 4 is 23.4 Å². The molecule has 7 nitrogen and oxygen atoms in total. The Labute approximate surface area is 177 Å². The van der Waals surface area contributed by atoms with Crippen LogP contribution in [-0.2, 0) is 4.79 Å². The summed E-state index contributed by atoms with van der Waals surface area (Å²) in [6.07, 6.45) is 1.49. The predicted molar refractivity (Wildman–Crippen MR) is 110 cm³/mol. The minimum Gasteiger partial charge on any atom is -0.489 e. The van der Waals surface area contributed by atoms with E-state index in [0.29, 0.717) is 31.0 Å². The van der Waals surface area contributed by atoms with Gasteiger partial charge in [-0.25, -0.2) is 18.2 Å². The Morgan fingerprint density at radius 1 is 1.26 bits per heavy atom. The van der Waals surface area contributed by atoms with Gasteiger partial charge in [-0.1, -0.05) is 6.58 Å². The molecule has 1 N–H and O–H groups in total. The van der Waals surface area contributed by atoms with E-state index < -0.39 is 24.8 Å². The van der Waals surface area contributed by atoms with Crippen molar-refractivity contribution in [3.63, 3.8) is 0 Å². The van der Waals surface area contributed by atoms with Crippen molar-refractivity contribution in [2.24, 2.45) is 0 Å². The van der Waals surface area contributed by atoms with Crippen LogP contribution in [0.3, 0.4) is 0 Å². The van der Waals surface area contributed by atoms with Crippen molar-refractivity contribution in [3.8, 4) is 5.75 Å². The SMILES string of the molecule is C=C(NC(C)=O)c1ccc(O[C@@H]2CCN(c3nc(N4CC(F)(F)C4)ncc3F)C2)cc1. The Hall–Kier alpha value is -3.30. The fraction of sp³-hybridized carbons (Fsp3) is 0.381. The molecule has 1 aromatic heterocycles. The number of carbonyl (C=O) groups is 1. The molecule has 10 heteroatoms. The molecule has 2 aliphatic rings. The highest BCUT2D eigenvalue weighted by Gasteiger charge is 2.45. The van der Waals surface area contributed by atoms with E-state index in [-0.39, 0.29) is 23.8 Å². The average Bonchev–Trinajstić information content (AvgIpc) is 3.14. The van der Waals surface area contributed by atoms with Crippen LogP contribution in [0, 0.1) is 5.82 Å². The van der Waals surface area contributed by atoms with E-state index in [1.54, 1.807) is 29.2 Å². The van der Waals surface area contributed by atoms with E-state index in [2.05, 4.69) is 21.9 Å². The lowest BCUT2D eigenvalue weighted by molar-refractivity contribution is -0.117. The maximum atomic E-state index is 14.3. The highest BCUT2D eigenvalue weighted by molar-refractivity contribution is 5.84. The normalized spacial score (nSPS) is 19.7. The molecule has 0 saturated carbocycles. The number of benzene rings is 1. The van der Waals surface area contributed by atoms with Crippen molar-refractivity contribution in [2.45, 2.75) is 25.4 Å². The molecule has 0 radical (unpaired) electrons. The second-order valence-electron chi connectivity index (χ2n) is 7.71. The Balaban J connectivity index is 1.37. The molecule has 3 heterocycles. The van der Waals surface area contributed by atoms with Crippen LogP contribution in [-0.4, -0.2) is 54.1 Å². The summed E-state index contributed by atoms with van der Waals surface area (Å²) < 4.78 is 46.5. The number of hydrogen-bond acceptors (Lipinski definition) is 6. The number of ether oxygens (including phenoxy) is 1. The summed E-state index contributed by atoms with van der Waals surface area (Å²) in [4.78, 5) is 22.2. The van der Waals surface area contributed by atoms with Gasteiger partial charge in [-0.15, -0.1) is 0 Å². The lowest BCUT2D eigenvalue weighted by Crippen LogP contribution is -2.57. The minimum absolute atomic E-state index is 0.0910. The zero-order valence-electron chi connectivity index (χ0n) is 16.9. The standard InChI is InChI=1S/C21H22F3N5O2/c1-13(26-14(2)30)15-3-5-16(6-4-15)31-17-7-8-28(10-17)19-18(22)9-25-20(27-19)29-11-21(23,24)12-29/h3-6,9,17H,1,7-8,10-12H2,2H3,(H,26,30)/t17-/m1/s1. The third-order valence-corrected chi connectivity index (χ3v) is 5.12. The molecule has 0 aliphatic carbocycles. The second-order valence-corrected chi connectivity index (χ2v) is 7.71. The molecule has 31 heavy (non-hydrogen) atoms. The molecule has 4 rings (SSSR count).